The minimum absolute atomic E-state index is 0.501. The standard InChI is InChI=1S/C13H21N3O2S/c1-13(2,3)16-19(17,18)15-12-8-4-7-11-10(12)6-5-9-14-11/h4,7-8,14-16H,5-6,9H2,1-3H3. The number of nitrogens with one attached hydrogen (secondary N) is 3. The molecule has 2 rings (SSSR count). The van der Waals surface area contributed by atoms with Crippen LogP contribution in [0.1, 0.15) is 32.8 Å². The number of anilines is 2. The molecule has 0 aromatic heterocycles. The summed E-state index contributed by atoms with van der Waals surface area (Å²) >= 11 is 0. The Labute approximate surface area is 115 Å². The van der Waals surface area contributed by atoms with Crippen LogP contribution in [0.3, 0.4) is 0 Å². The SMILES string of the molecule is CC(C)(C)NS(=O)(=O)Nc1cccc2c1CCCN2. The summed E-state index contributed by atoms with van der Waals surface area (Å²) in [6, 6.07) is 5.63. The molecule has 1 aromatic carbocycles. The Kier molecular flexibility index (Phi) is 3.73. The molecule has 6 heteroatoms. The second-order valence-corrected chi connectivity index (χ2v) is 7.23. The van der Waals surface area contributed by atoms with Crippen LogP contribution in [0.4, 0.5) is 11.4 Å². The third-order valence-corrected chi connectivity index (χ3v) is 4.15. The summed E-state index contributed by atoms with van der Waals surface area (Å²) in [5.74, 6) is 0. The molecule has 0 amide bonds. The van der Waals surface area contributed by atoms with Crippen LogP contribution < -0.4 is 14.8 Å². The van der Waals surface area contributed by atoms with Crippen molar-refractivity contribution in [2.45, 2.75) is 39.2 Å². The van der Waals surface area contributed by atoms with Gasteiger partial charge < -0.3 is 5.32 Å². The van der Waals surface area contributed by atoms with Crippen molar-refractivity contribution < 1.29 is 8.42 Å². The maximum atomic E-state index is 12.1. The van der Waals surface area contributed by atoms with Gasteiger partial charge in [-0.25, -0.2) is 0 Å². The van der Waals surface area contributed by atoms with Crippen molar-refractivity contribution in [2.75, 3.05) is 16.6 Å². The van der Waals surface area contributed by atoms with E-state index in [1.165, 1.54) is 0 Å². The van der Waals surface area contributed by atoms with Gasteiger partial charge in [0.25, 0.3) is 10.2 Å². The first-order valence-electron chi connectivity index (χ1n) is 6.44. The highest BCUT2D eigenvalue weighted by Crippen LogP contribution is 2.29. The lowest BCUT2D eigenvalue weighted by Gasteiger charge is -2.24. The van der Waals surface area contributed by atoms with Crippen LogP contribution in [0.5, 0.6) is 0 Å². The van der Waals surface area contributed by atoms with E-state index >= 15 is 0 Å². The Morgan fingerprint density at radius 2 is 2.00 bits per heavy atom. The third-order valence-electron chi connectivity index (χ3n) is 2.78. The fraction of sp³-hybridized carbons (Fsp3) is 0.538. The third kappa shape index (κ3) is 3.84. The maximum Gasteiger partial charge on any atom is 0.299 e. The highest BCUT2D eigenvalue weighted by molar-refractivity contribution is 7.90. The van der Waals surface area contributed by atoms with E-state index in [-0.39, 0.29) is 0 Å². The second-order valence-electron chi connectivity index (χ2n) is 5.82. The summed E-state index contributed by atoms with van der Waals surface area (Å²) in [7, 11) is -3.55. The smallest absolute Gasteiger partial charge is 0.299 e. The zero-order valence-electron chi connectivity index (χ0n) is 11.6. The lowest BCUT2D eigenvalue weighted by molar-refractivity contribution is 0.494. The Morgan fingerprint density at radius 3 is 2.68 bits per heavy atom. The molecule has 19 heavy (non-hydrogen) atoms. The van der Waals surface area contributed by atoms with Gasteiger partial charge in [-0.1, -0.05) is 6.07 Å². The summed E-state index contributed by atoms with van der Waals surface area (Å²) in [6.07, 6.45) is 1.90. The Bertz CT molecular complexity index is 562. The number of hydrogen-bond donors (Lipinski definition) is 3. The lowest BCUT2D eigenvalue weighted by Crippen LogP contribution is -2.43. The van der Waals surface area contributed by atoms with Crippen LogP contribution in [0.25, 0.3) is 0 Å². The molecule has 1 aliphatic heterocycles. The summed E-state index contributed by atoms with van der Waals surface area (Å²) in [6.45, 7) is 6.38. The van der Waals surface area contributed by atoms with Crippen LogP contribution in [0.2, 0.25) is 0 Å². The van der Waals surface area contributed by atoms with Crippen molar-refractivity contribution >= 4 is 21.6 Å². The quantitative estimate of drug-likeness (QED) is 0.795. The van der Waals surface area contributed by atoms with Crippen molar-refractivity contribution in [1.82, 2.24) is 4.72 Å². The van der Waals surface area contributed by atoms with E-state index < -0.39 is 15.7 Å². The predicted molar refractivity (Wildman–Crippen MR) is 78.7 cm³/mol. The molecule has 0 saturated heterocycles. The molecule has 3 N–H and O–H groups in total. The fourth-order valence-electron chi connectivity index (χ4n) is 2.18. The molecule has 0 unspecified atom stereocenters. The Hall–Kier alpha value is -1.27. The highest BCUT2D eigenvalue weighted by atomic mass is 32.2. The molecule has 1 aliphatic rings. The minimum atomic E-state index is -3.55. The van der Waals surface area contributed by atoms with Gasteiger partial charge in [-0.2, -0.15) is 13.1 Å². The van der Waals surface area contributed by atoms with E-state index in [2.05, 4.69) is 14.8 Å². The van der Waals surface area contributed by atoms with Gasteiger partial charge in [0.05, 0.1) is 5.69 Å². The first-order valence-corrected chi connectivity index (χ1v) is 7.93. The first kappa shape index (κ1) is 14.1. The minimum Gasteiger partial charge on any atom is -0.385 e. The molecule has 1 heterocycles. The van der Waals surface area contributed by atoms with Crippen LogP contribution in [-0.4, -0.2) is 20.5 Å². The van der Waals surface area contributed by atoms with E-state index in [0.29, 0.717) is 5.69 Å². The zero-order chi connectivity index (χ0) is 14.1. The maximum absolute atomic E-state index is 12.1. The molecule has 5 nitrogen and oxygen atoms in total. The number of fused-ring (bicyclic) bond motifs is 1. The number of hydrogen-bond acceptors (Lipinski definition) is 3. The second kappa shape index (κ2) is 5.02. The molecule has 0 atom stereocenters. The molecule has 0 radical (unpaired) electrons. The van der Waals surface area contributed by atoms with Gasteiger partial charge in [0.15, 0.2) is 0 Å². The Morgan fingerprint density at radius 1 is 1.26 bits per heavy atom. The monoisotopic (exact) mass is 283 g/mol. The summed E-state index contributed by atoms with van der Waals surface area (Å²) < 4.78 is 29.3. The van der Waals surface area contributed by atoms with Crippen LogP contribution in [-0.2, 0) is 16.6 Å². The van der Waals surface area contributed by atoms with Gasteiger partial charge in [0.1, 0.15) is 0 Å². The van der Waals surface area contributed by atoms with Crippen LogP contribution in [0.15, 0.2) is 18.2 Å². The van der Waals surface area contributed by atoms with Crippen molar-refractivity contribution in [3.8, 4) is 0 Å². The fourth-order valence-corrected chi connectivity index (χ4v) is 3.52. The normalized spacial score (nSPS) is 15.5. The average molecular weight is 283 g/mol. The lowest BCUT2D eigenvalue weighted by atomic mass is 10.0. The largest absolute Gasteiger partial charge is 0.385 e. The van der Waals surface area contributed by atoms with Gasteiger partial charge in [-0.3, -0.25) is 4.72 Å². The molecule has 0 spiro atoms. The molecular weight excluding hydrogens is 262 g/mol. The van der Waals surface area contributed by atoms with E-state index in [9.17, 15) is 8.42 Å². The molecule has 106 valence electrons. The van der Waals surface area contributed by atoms with Gasteiger partial charge in [-0.05, 0) is 51.3 Å². The summed E-state index contributed by atoms with van der Waals surface area (Å²) in [5, 5.41) is 3.28. The molecule has 0 saturated carbocycles. The van der Waals surface area contributed by atoms with Gasteiger partial charge in [0, 0.05) is 17.8 Å². The van der Waals surface area contributed by atoms with Crippen molar-refractivity contribution in [2.24, 2.45) is 0 Å². The van der Waals surface area contributed by atoms with E-state index in [0.717, 1.165) is 30.6 Å². The summed E-state index contributed by atoms with van der Waals surface area (Å²) in [4.78, 5) is 0. The van der Waals surface area contributed by atoms with Gasteiger partial charge >= 0.3 is 0 Å². The predicted octanol–water partition coefficient (Wildman–Crippen LogP) is 2.09. The van der Waals surface area contributed by atoms with Gasteiger partial charge in [-0.15, -0.1) is 0 Å². The van der Waals surface area contributed by atoms with Gasteiger partial charge in [0.2, 0.25) is 0 Å². The van der Waals surface area contributed by atoms with Crippen molar-refractivity contribution in [3.05, 3.63) is 23.8 Å². The molecule has 0 aliphatic carbocycles. The van der Waals surface area contributed by atoms with E-state index in [1.807, 2.05) is 32.9 Å². The first-order chi connectivity index (χ1) is 8.77. The van der Waals surface area contributed by atoms with Crippen LogP contribution in [0, 0.1) is 0 Å². The van der Waals surface area contributed by atoms with E-state index in [1.54, 1.807) is 6.07 Å². The highest BCUT2D eigenvalue weighted by Gasteiger charge is 2.21. The molecular formula is C13H21N3O2S. The van der Waals surface area contributed by atoms with Crippen molar-refractivity contribution in [1.29, 1.82) is 0 Å². The van der Waals surface area contributed by atoms with Crippen molar-refractivity contribution in [3.63, 3.8) is 0 Å². The summed E-state index contributed by atoms with van der Waals surface area (Å²) in [5.41, 5.74) is 2.20. The topological polar surface area (TPSA) is 70.2 Å². The van der Waals surface area contributed by atoms with E-state index in [4.69, 9.17) is 0 Å². The number of rotatable bonds is 3. The average Bonchev–Trinajstić information content (AvgIpc) is 2.25. The molecule has 1 aromatic rings. The molecule has 0 fully saturated rings. The Balaban J connectivity index is 2.24. The van der Waals surface area contributed by atoms with Crippen LogP contribution >= 0.6 is 0 Å². The number of benzene rings is 1. The molecule has 0 bridgehead atoms. The zero-order valence-corrected chi connectivity index (χ0v) is 12.4.